The molecule has 0 spiro atoms. The molecule has 3 heterocycles. The van der Waals surface area contributed by atoms with Crippen molar-refractivity contribution in [3.63, 3.8) is 0 Å². The normalized spacial score (nSPS) is 16.3. The molecule has 0 atom stereocenters. The maximum atomic E-state index is 4.53. The van der Waals surface area contributed by atoms with Crippen LogP contribution in [0.5, 0.6) is 0 Å². The molecule has 0 radical (unpaired) electrons. The van der Waals surface area contributed by atoms with E-state index in [0.29, 0.717) is 0 Å². The fourth-order valence-corrected chi connectivity index (χ4v) is 3.09. The number of aromatic nitrogens is 2. The number of hydrogen-bond donors (Lipinski definition) is 0. The third-order valence-electron chi connectivity index (χ3n) is 4.43. The number of piperazine rings is 1. The predicted octanol–water partition coefficient (Wildman–Crippen LogP) is 2.75. The maximum absolute atomic E-state index is 4.53. The smallest absolute Gasteiger partial charge is 0.144 e. The van der Waals surface area contributed by atoms with Gasteiger partial charge < -0.3 is 14.2 Å². The molecule has 1 aromatic carbocycles. The van der Waals surface area contributed by atoms with Gasteiger partial charge in [-0.05, 0) is 18.7 Å². The van der Waals surface area contributed by atoms with E-state index in [0.717, 1.165) is 31.8 Å². The van der Waals surface area contributed by atoms with Crippen molar-refractivity contribution in [3.05, 3.63) is 55.0 Å². The number of fused-ring (bicyclic) bond motifs is 1. The number of hydrogen-bond acceptors (Lipinski definition) is 3. The largest absolute Gasteiger partial charge is 0.368 e. The summed E-state index contributed by atoms with van der Waals surface area (Å²) in [6, 6.07) is 12.8. The number of likely N-dealkylation sites (N-methyl/N-ethyl adjacent to an activating group) is 1. The first kappa shape index (κ1) is 13.3. The molecule has 112 valence electrons. The molecule has 1 aliphatic rings. The lowest BCUT2D eigenvalue weighted by Crippen LogP contribution is -2.44. The molecule has 0 unspecified atom stereocenters. The summed E-state index contributed by atoms with van der Waals surface area (Å²) in [5.41, 5.74) is 4.71. The Balaban J connectivity index is 1.80. The Morgan fingerprint density at radius 1 is 1.00 bits per heavy atom. The fourth-order valence-electron chi connectivity index (χ4n) is 3.09. The summed E-state index contributed by atoms with van der Waals surface area (Å²) < 4.78 is 2.13. The van der Waals surface area contributed by atoms with E-state index in [4.69, 9.17) is 0 Å². The van der Waals surface area contributed by atoms with E-state index in [9.17, 15) is 0 Å². The molecule has 1 fully saturated rings. The molecule has 0 bridgehead atoms. The van der Waals surface area contributed by atoms with Gasteiger partial charge in [-0.25, -0.2) is 4.98 Å². The third kappa shape index (κ3) is 2.35. The first-order valence-electron chi connectivity index (χ1n) is 7.77. The van der Waals surface area contributed by atoms with Crippen LogP contribution in [-0.2, 0) is 0 Å². The molecule has 1 aliphatic heterocycles. The number of rotatable bonds is 2. The van der Waals surface area contributed by atoms with Crippen molar-refractivity contribution in [2.75, 3.05) is 38.1 Å². The van der Waals surface area contributed by atoms with E-state index < -0.39 is 0 Å². The monoisotopic (exact) mass is 292 g/mol. The van der Waals surface area contributed by atoms with E-state index in [1.165, 1.54) is 16.8 Å². The lowest BCUT2D eigenvalue weighted by atomic mass is 10.1. The van der Waals surface area contributed by atoms with Gasteiger partial charge in [0.15, 0.2) is 0 Å². The average molecular weight is 292 g/mol. The summed E-state index contributed by atoms with van der Waals surface area (Å²) >= 11 is 0. The molecular formula is C18H20N4. The van der Waals surface area contributed by atoms with Crippen molar-refractivity contribution in [2.45, 2.75) is 0 Å². The summed E-state index contributed by atoms with van der Waals surface area (Å²) in [5, 5.41) is 0. The summed E-state index contributed by atoms with van der Waals surface area (Å²) in [5.74, 6) is 0. The highest BCUT2D eigenvalue weighted by Crippen LogP contribution is 2.29. The second-order valence-corrected chi connectivity index (χ2v) is 5.93. The Kier molecular flexibility index (Phi) is 3.31. The summed E-state index contributed by atoms with van der Waals surface area (Å²) in [7, 11) is 2.19. The predicted molar refractivity (Wildman–Crippen MR) is 90.3 cm³/mol. The van der Waals surface area contributed by atoms with Crippen LogP contribution >= 0.6 is 0 Å². The highest BCUT2D eigenvalue weighted by atomic mass is 15.3. The summed E-state index contributed by atoms with van der Waals surface area (Å²) in [4.78, 5) is 9.37. The average Bonchev–Trinajstić information content (AvgIpc) is 3.04. The van der Waals surface area contributed by atoms with Crippen LogP contribution in [0.25, 0.3) is 16.8 Å². The SMILES string of the molecule is CN1CCN(c2cc(-c3ccccc3)c3nccn3c2)CC1. The van der Waals surface area contributed by atoms with Gasteiger partial charge in [0.2, 0.25) is 0 Å². The quantitative estimate of drug-likeness (QED) is 0.726. The van der Waals surface area contributed by atoms with Crippen molar-refractivity contribution >= 4 is 11.3 Å². The molecule has 0 N–H and O–H groups in total. The number of anilines is 1. The van der Waals surface area contributed by atoms with Crippen molar-refractivity contribution in [2.24, 2.45) is 0 Å². The lowest BCUT2D eigenvalue weighted by Gasteiger charge is -2.34. The zero-order chi connectivity index (χ0) is 14.9. The molecule has 4 rings (SSSR count). The molecular weight excluding hydrogens is 272 g/mol. The van der Waals surface area contributed by atoms with E-state index in [2.05, 4.69) is 68.8 Å². The van der Waals surface area contributed by atoms with Gasteiger partial charge >= 0.3 is 0 Å². The van der Waals surface area contributed by atoms with Crippen molar-refractivity contribution in [1.82, 2.24) is 14.3 Å². The Labute approximate surface area is 130 Å². The van der Waals surface area contributed by atoms with E-state index >= 15 is 0 Å². The van der Waals surface area contributed by atoms with Gasteiger partial charge in [-0.1, -0.05) is 30.3 Å². The number of pyridine rings is 1. The van der Waals surface area contributed by atoms with Gasteiger partial charge in [-0.2, -0.15) is 0 Å². The van der Waals surface area contributed by atoms with Crippen LogP contribution in [0.2, 0.25) is 0 Å². The second-order valence-electron chi connectivity index (χ2n) is 5.93. The molecule has 22 heavy (non-hydrogen) atoms. The standard InChI is InChI=1S/C18H20N4/c1-20-9-11-21(12-10-20)16-13-17(15-5-3-2-4-6-15)18-19-7-8-22(18)14-16/h2-8,13-14H,9-12H2,1H3. The summed E-state index contributed by atoms with van der Waals surface area (Å²) in [6.45, 7) is 4.38. The van der Waals surface area contributed by atoms with E-state index in [1.807, 2.05) is 12.4 Å². The van der Waals surface area contributed by atoms with Crippen LogP contribution in [-0.4, -0.2) is 47.5 Å². The molecule has 0 amide bonds. The van der Waals surface area contributed by atoms with Crippen LogP contribution in [0.15, 0.2) is 55.0 Å². The van der Waals surface area contributed by atoms with Gasteiger partial charge in [0.25, 0.3) is 0 Å². The number of nitrogens with zero attached hydrogens (tertiary/aromatic N) is 4. The van der Waals surface area contributed by atoms with Crippen LogP contribution in [0.3, 0.4) is 0 Å². The topological polar surface area (TPSA) is 23.8 Å². The van der Waals surface area contributed by atoms with Crippen molar-refractivity contribution in [3.8, 4) is 11.1 Å². The first-order valence-corrected chi connectivity index (χ1v) is 7.77. The molecule has 4 nitrogen and oxygen atoms in total. The van der Waals surface area contributed by atoms with E-state index in [-0.39, 0.29) is 0 Å². The molecule has 4 heteroatoms. The van der Waals surface area contributed by atoms with Gasteiger partial charge in [0.1, 0.15) is 5.65 Å². The van der Waals surface area contributed by atoms with Crippen LogP contribution < -0.4 is 4.90 Å². The van der Waals surface area contributed by atoms with Gasteiger partial charge in [0.05, 0.1) is 5.69 Å². The van der Waals surface area contributed by atoms with Crippen LogP contribution in [0.1, 0.15) is 0 Å². The zero-order valence-corrected chi connectivity index (χ0v) is 12.8. The van der Waals surface area contributed by atoms with Gasteiger partial charge in [-0.15, -0.1) is 0 Å². The minimum absolute atomic E-state index is 1.02. The second kappa shape index (κ2) is 5.46. The first-order chi connectivity index (χ1) is 10.8. The minimum atomic E-state index is 1.02. The third-order valence-corrected chi connectivity index (χ3v) is 4.43. The van der Waals surface area contributed by atoms with Gasteiger partial charge in [0, 0.05) is 50.3 Å². The van der Waals surface area contributed by atoms with Crippen molar-refractivity contribution < 1.29 is 0 Å². The van der Waals surface area contributed by atoms with E-state index in [1.54, 1.807) is 0 Å². The highest BCUT2D eigenvalue weighted by molar-refractivity contribution is 5.80. The maximum Gasteiger partial charge on any atom is 0.144 e. The Bertz CT molecular complexity index is 770. The molecule has 0 aliphatic carbocycles. The highest BCUT2D eigenvalue weighted by Gasteiger charge is 2.16. The Morgan fingerprint density at radius 3 is 2.55 bits per heavy atom. The number of imidazole rings is 1. The lowest BCUT2D eigenvalue weighted by molar-refractivity contribution is 0.313. The molecule has 1 saturated heterocycles. The fraction of sp³-hybridized carbons (Fsp3) is 0.278. The number of benzene rings is 1. The summed E-state index contributed by atoms with van der Waals surface area (Å²) in [6.07, 6.45) is 6.09. The molecule has 2 aromatic heterocycles. The Morgan fingerprint density at radius 2 is 1.77 bits per heavy atom. The molecule has 0 saturated carbocycles. The van der Waals surface area contributed by atoms with Crippen LogP contribution in [0.4, 0.5) is 5.69 Å². The Hall–Kier alpha value is -2.33. The van der Waals surface area contributed by atoms with Crippen LogP contribution in [0, 0.1) is 0 Å². The minimum Gasteiger partial charge on any atom is -0.368 e. The zero-order valence-electron chi connectivity index (χ0n) is 12.8. The molecule has 3 aromatic rings. The van der Waals surface area contributed by atoms with Crippen molar-refractivity contribution in [1.29, 1.82) is 0 Å². The van der Waals surface area contributed by atoms with Gasteiger partial charge in [-0.3, -0.25) is 0 Å².